The number of imidazole rings is 1. The zero-order valence-electron chi connectivity index (χ0n) is 18.2. The van der Waals surface area contributed by atoms with Crippen LogP contribution in [0.4, 0.5) is 11.5 Å². The minimum Gasteiger partial charge on any atom is -0.467 e. The lowest BCUT2D eigenvalue weighted by Gasteiger charge is -2.38. The third-order valence-corrected chi connectivity index (χ3v) is 5.70. The molecule has 1 aromatic carbocycles. The number of benzene rings is 1. The highest BCUT2D eigenvalue weighted by Crippen LogP contribution is 2.31. The molecule has 4 heterocycles. The van der Waals surface area contributed by atoms with Gasteiger partial charge in [-0.2, -0.15) is 4.98 Å². The average molecular weight is 432 g/mol. The van der Waals surface area contributed by atoms with Gasteiger partial charge in [-0.1, -0.05) is 6.07 Å². The molecule has 0 saturated carbocycles. The highest BCUT2D eigenvalue weighted by Gasteiger charge is 2.24. The number of pyridine rings is 1. The molecule has 0 unspecified atom stereocenters. The number of ether oxygens (including phenoxy) is 1. The summed E-state index contributed by atoms with van der Waals surface area (Å²) in [4.78, 5) is 28.8. The summed E-state index contributed by atoms with van der Waals surface area (Å²) in [6, 6.07) is 10.3. The van der Waals surface area contributed by atoms with E-state index in [0.717, 1.165) is 29.8 Å². The second-order valence-electron chi connectivity index (χ2n) is 8.15. The van der Waals surface area contributed by atoms with E-state index in [-0.39, 0.29) is 11.9 Å². The normalized spacial score (nSPS) is 18.8. The molecular weight excluding hydrogens is 406 g/mol. The van der Waals surface area contributed by atoms with E-state index in [2.05, 4.69) is 44.3 Å². The number of rotatable bonds is 4. The molecule has 9 heteroatoms. The van der Waals surface area contributed by atoms with Gasteiger partial charge in [-0.15, -0.1) is 0 Å². The van der Waals surface area contributed by atoms with Gasteiger partial charge in [0.25, 0.3) is 5.91 Å². The van der Waals surface area contributed by atoms with E-state index in [9.17, 15) is 4.79 Å². The van der Waals surface area contributed by atoms with Gasteiger partial charge >= 0.3 is 6.01 Å². The van der Waals surface area contributed by atoms with Gasteiger partial charge in [-0.05, 0) is 38.1 Å². The minimum atomic E-state index is -0.259. The van der Waals surface area contributed by atoms with E-state index in [1.165, 1.54) is 7.11 Å². The van der Waals surface area contributed by atoms with Crippen LogP contribution in [0.25, 0.3) is 16.6 Å². The standard InChI is InChI=1S/C23H25N7O2/c1-14-12-29(13-15(2)26-14)18-8-7-16(21-17(18)11-25-23(28-21)32-3)22(31)27-20-6-4-5-19-24-9-10-30(19)20/h4-11,14-15,26H,12-13H2,1-3H3,(H,27,31)/t14-,15-/m1/s1. The van der Waals surface area contributed by atoms with E-state index in [0.29, 0.717) is 29.0 Å². The van der Waals surface area contributed by atoms with Gasteiger partial charge < -0.3 is 20.3 Å². The van der Waals surface area contributed by atoms with Crippen molar-refractivity contribution in [2.75, 3.05) is 30.4 Å². The van der Waals surface area contributed by atoms with Crippen LogP contribution >= 0.6 is 0 Å². The number of methoxy groups -OCH3 is 1. The lowest BCUT2D eigenvalue weighted by molar-refractivity contribution is 0.102. The maximum absolute atomic E-state index is 13.3. The van der Waals surface area contributed by atoms with Crippen LogP contribution in [0.5, 0.6) is 6.01 Å². The lowest BCUT2D eigenvalue weighted by atomic mass is 10.0. The largest absolute Gasteiger partial charge is 0.467 e. The molecule has 1 fully saturated rings. The average Bonchev–Trinajstić information content (AvgIpc) is 3.27. The quantitative estimate of drug-likeness (QED) is 0.513. The van der Waals surface area contributed by atoms with Crippen LogP contribution in [0.15, 0.2) is 48.9 Å². The molecule has 2 atom stereocenters. The number of carbonyl (C=O) groups excluding carboxylic acids is 1. The number of fused-ring (bicyclic) bond motifs is 2. The van der Waals surface area contributed by atoms with Crippen LogP contribution in [0.2, 0.25) is 0 Å². The van der Waals surface area contributed by atoms with Gasteiger partial charge in [0.15, 0.2) is 0 Å². The second-order valence-corrected chi connectivity index (χ2v) is 8.15. The molecule has 32 heavy (non-hydrogen) atoms. The molecule has 0 aliphatic carbocycles. The van der Waals surface area contributed by atoms with Crippen molar-refractivity contribution < 1.29 is 9.53 Å². The first kappa shape index (κ1) is 20.2. The molecule has 4 aromatic rings. The summed E-state index contributed by atoms with van der Waals surface area (Å²) in [5.41, 5.74) is 2.78. The van der Waals surface area contributed by atoms with Gasteiger partial charge in [-0.3, -0.25) is 9.20 Å². The fraction of sp³-hybridized carbons (Fsp3) is 0.304. The first-order chi connectivity index (χ1) is 15.5. The number of aromatic nitrogens is 4. The molecule has 2 N–H and O–H groups in total. The first-order valence-corrected chi connectivity index (χ1v) is 10.6. The molecule has 0 radical (unpaired) electrons. The summed E-state index contributed by atoms with van der Waals surface area (Å²) in [6.07, 6.45) is 5.24. The molecule has 1 amide bonds. The Labute approximate surface area is 185 Å². The van der Waals surface area contributed by atoms with Crippen molar-refractivity contribution in [3.63, 3.8) is 0 Å². The number of hydrogen-bond donors (Lipinski definition) is 2. The van der Waals surface area contributed by atoms with E-state index in [1.54, 1.807) is 12.4 Å². The fourth-order valence-electron chi connectivity index (χ4n) is 4.40. The highest BCUT2D eigenvalue weighted by atomic mass is 16.5. The van der Waals surface area contributed by atoms with Crippen LogP contribution < -0.4 is 20.3 Å². The van der Waals surface area contributed by atoms with Crippen LogP contribution in [0, 0.1) is 0 Å². The van der Waals surface area contributed by atoms with Crippen LogP contribution in [-0.2, 0) is 0 Å². The molecule has 3 aromatic heterocycles. The molecular formula is C23H25N7O2. The molecule has 0 spiro atoms. The SMILES string of the molecule is COc1ncc2c(N3C[C@@H](C)N[C@H](C)C3)ccc(C(=O)Nc3cccc4nccn34)c2n1. The molecule has 9 nitrogen and oxygen atoms in total. The first-order valence-electron chi connectivity index (χ1n) is 10.6. The lowest BCUT2D eigenvalue weighted by Crippen LogP contribution is -2.54. The van der Waals surface area contributed by atoms with E-state index < -0.39 is 0 Å². The smallest absolute Gasteiger partial charge is 0.316 e. The Morgan fingerprint density at radius 1 is 1.16 bits per heavy atom. The van der Waals surface area contributed by atoms with Crippen molar-refractivity contribution in [2.45, 2.75) is 25.9 Å². The van der Waals surface area contributed by atoms with Crippen molar-refractivity contribution in [3.05, 3.63) is 54.5 Å². The second kappa shape index (κ2) is 8.08. The topological polar surface area (TPSA) is 96.7 Å². The summed E-state index contributed by atoms with van der Waals surface area (Å²) < 4.78 is 7.08. The van der Waals surface area contributed by atoms with Gasteiger partial charge in [-0.25, -0.2) is 9.97 Å². The van der Waals surface area contributed by atoms with Crippen molar-refractivity contribution in [2.24, 2.45) is 0 Å². The number of carbonyl (C=O) groups is 1. The van der Waals surface area contributed by atoms with E-state index in [1.807, 2.05) is 40.9 Å². The predicted octanol–water partition coefficient (Wildman–Crippen LogP) is 2.73. The summed E-state index contributed by atoms with van der Waals surface area (Å²) >= 11 is 0. The molecule has 1 aliphatic heterocycles. The molecule has 1 saturated heterocycles. The van der Waals surface area contributed by atoms with E-state index in [4.69, 9.17) is 4.74 Å². The Morgan fingerprint density at radius 3 is 2.75 bits per heavy atom. The fourth-order valence-corrected chi connectivity index (χ4v) is 4.40. The van der Waals surface area contributed by atoms with Gasteiger partial charge in [0, 0.05) is 54.8 Å². The number of amides is 1. The third kappa shape index (κ3) is 3.60. The number of nitrogens with one attached hydrogen (secondary N) is 2. The Hall–Kier alpha value is -3.72. The Morgan fingerprint density at radius 2 is 1.97 bits per heavy atom. The summed E-state index contributed by atoms with van der Waals surface area (Å²) in [5, 5.41) is 7.36. The van der Waals surface area contributed by atoms with Gasteiger partial charge in [0.1, 0.15) is 11.5 Å². The van der Waals surface area contributed by atoms with Crippen molar-refractivity contribution in [1.82, 2.24) is 24.7 Å². The Kier molecular flexibility index (Phi) is 5.10. The van der Waals surface area contributed by atoms with Crippen LogP contribution in [0.1, 0.15) is 24.2 Å². The maximum Gasteiger partial charge on any atom is 0.316 e. The number of nitrogens with zero attached hydrogens (tertiary/aromatic N) is 5. The van der Waals surface area contributed by atoms with Crippen molar-refractivity contribution in [3.8, 4) is 6.01 Å². The molecule has 0 bridgehead atoms. The van der Waals surface area contributed by atoms with Crippen molar-refractivity contribution >= 4 is 34.0 Å². The zero-order valence-corrected chi connectivity index (χ0v) is 18.2. The van der Waals surface area contributed by atoms with Crippen molar-refractivity contribution in [1.29, 1.82) is 0 Å². The summed E-state index contributed by atoms with van der Waals surface area (Å²) in [5.74, 6) is 0.374. The van der Waals surface area contributed by atoms with E-state index >= 15 is 0 Å². The number of piperazine rings is 1. The van der Waals surface area contributed by atoms with Gasteiger partial charge in [0.05, 0.1) is 18.2 Å². The Bertz CT molecular complexity index is 1290. The Balaban J connectivity index is 1.57. The molecule has 1 aliphatic rings. The minimum absolute atomic E-state index is 0.224. The zero-order chi connectivity index (χ0) is 22.2. The monoisotopic (exact) mass is 431 g/mol. The predicted molar refractivity (Wildman–Crippen MR) is 124 cm³/mol. The summed E-state index contributed by atoms with van der Waals surface area (Å²) in [6.45, 7) is 6.06. The number of hydrogen-bond acceptors (Lipinski definition) is 7. The highest BCUT2D eigenvalue weighted by molar-refractivity contribution is 6.13. The maximum atomic E-state index is 13.3. The van der Waals surface area contributed by atoms with Crippen LogP contribution in [-0.4, -0.2) is 57.5 Å². The van der Waals surface area contributed by atoms with Crippen LogP contribution in [0.3, 0.4) is 0 Å². The summed E-state index contributed by atoms with van der Waals surface area (Å²) in [7, 11) is 1.52. The van der Waals surface area contributed by atoms with Gasteiger partial charge in [0.2, 0.25) is 0 Å². The molecule has 5 rings (SSSR count). The third-order valence-electron chi connectivity index (χ3n) is 5.70. The molecule has 164 valence electrons. The number of anilines is 2.